The SMILES string of the molecule is CCc1nnsc1C(=O)NCc1cc(Br)cc2c1OCC2. The van der Waals surface area contributed by atoms with Gasteiger partial charge in [0, 0.05) is 23.0 Å². The van der Waals surface area contributed by atoms with Gasteiger partial charge in [-0.15, -0.1) is 5.10 Å². The number of aryl methyl sites for hydroxylation is 1. The zero-order chi connectivity index (χ0) is 14.8. The number of benzene rings is 1. The van der Waals surface area contributed by atoms with Crippen LogP contribution in [0.4, 0.5) is 0 Å². The van der Waals surface area contributed by atoms with Gasteiger partial charge in [0.25, 0.3) is 5.91 Å². The van der Waals surface area contributed by atoms with Crippen LogP contribution < -0.4 is 10.1 Å². The zero-order valence-corrected chi connectivity index (χ0v) is 13.9. The number of ether oxygens (including phenoxy) is 1. The van der Waals surface area contributed by atoms with Crippen molar-refractivity contribution >= 4 is 33.4 Å². The van der Waals surface area contributed by atoms with Gasteiger partial charge < -0.3 is 10.1 Å². The van der Waals surface area contributed by atoms with E-state index in [1.54, 1.807) is 0 Å². The summed E-state index contributed by atoms with van der Waals surface area (Å²) in [6, 6.07) is 4.05. The lowest BCUT2D eigenvalue weighted by Gasteiger charge is -2.10. The van der Waals surface area contributed by atoms with Crippen molar-refractivity contribution in [3.05, 3.63) is 38.3 Å². The van der Waals surface area contributed by atoms with Crippen LogP contribution in [0.15, 0.2) is 16.6 Å². The molecule has 0 aliphatic carbocycles. The minimum atomic E-state index is -0.131. The molecule has 0 bridgehead atoms. The number of fused-ring (bicyclic) bond motifs is 1. The number of nitrogens with zero attached hydrogens (tertiary/aromatic N) is 2. The number of hydrogen-bond donors (Lipinski definition) is 1. The van der Waals surface area contributed by atoms with Crippen molar-refractivity contribution in [2.24, 2.45) is 0 Å². The highest BCUT2D eigenvalue weighted by molar-refractivity contribution is 9.10. The van der Waals surface area contributed by atoms with E-state index in [0.717, 1.165) is 39.4 Å². The molecule has 2 aromatic rings. The van der Waals surface area contributed by atoms with Gasteiger partial charge in [-0.3, -0.25) is 4.79 Å². The van der Waals surface area contributed by atoms with E-state index in [2.05, 4.69) is 36.9 Å². The Morgan fingerprint density at radius 1 is 1.52 bits per heavy atom. The van der Waals surface area contributed by atoms with Gasteiger partial charge in [0.05, 0.1) is 12.3 Å². The molecule has 3 rings (SSSR count). The van der Waals surface area contributed by atoms with Crippen molar-refractivity contribution in [3.8, 4) is 5.75 Å². The maximum Gasteiger partial charge on any atom is 0.265 e. The Balaban J connectivity index is 1.75. The van der Waals surface area contributed by atoms with Gasteiger partial charge in [0.15, 0.2) is 0 Å². The number of nitrogens with one attached hydrogen (secondary N) is 1. The van der Waals surface area contributed by atoms with Crippen molar-refractivity contribution < 1.29 is 9.53 Å². The fourth-order valence-corrected chi connectivity index (χ4v) is 3.56. The quantitative estimate of drug-likeness (QED) is 0.902. The van der Waals surface area contributed by atoms with E-state index in [9.17, 15) is 4.79 Å². The van der Waals surface area contributed by atoms with E-state index in [-0.39, 0.29) is 5.91 Å². The summed E-state index contributed by atoms with van der Waals surface area (Å²) in [5, 5.41) is 6.88. The molecule has 2 heterocycles. The van der Waals surface area contributed by atoms with E-state index in [1.165, 1.54) is 5.56 Å². The third-order valence-electron chi connectivity index (χ3n) is 3.36. The van der Waals surface area contributed by atoms with Crippen molar-refractivity contribution in [1.29, 1.82) is 0 Å². The first-order valence-corrected chi connectivity index (χ1v) is 8.29. The van der Waals surface area contributed by atoms with Crippen LogP contribution >= 0.6 is 27.5 Å². The highest BCUT2D eigenvalue weighted by Gasteiger charge is 2.19. The number of aromatic nitrogens is 2. The van der Waals surface area contributed by atoms with Crippen LogP contribution in [0.1, 0.15) is 33.4 Å². The largest absolute Gasteiger partial charge is 0.493 e. The van der Waals surface area contributed by atoms with Gasteiger partial charge >= 0.3 is 0 Å². The lowest BCUT2D eigenvalue weighted by atomic mass is 10.1. The molecule has 1 amide bonds. The van der Waals surface area contributed by atoms with Gasteiger partial charge in [0.2, 0.25) is 0 Å². The van der Waals surface area contributed by atoms with Crippen LogP contribution in [0.25, 0.3) is 0 Å². The minimum Gasteiger partial charge on any atom is -0.493 e. The molecule has 1 aromatic heterocycles. The third kappa shape index (κ3) is 2.94. The molecule has 0 radical (unpaired) electrons. The predicted octanol–water partition coefficient (Wildman–Crippen LogP) is 2.73. The van der Waals surface area contributed by atoms with E-state index in [4.69, 9.17) is 4.74 Å². The number of carbonyl (C=O) groups excluding carboxylic acids is 1. The van der Waals surface area contributed by atoms with Crippen LogP contribution in [0.5, 0.6) is 5.75 Å². The van der Waals surface area contributed by atoms with E-state index >= 15 is 0 Å². The Morgan fingerprint density at radius 3 is 3.19 bits per heavy atom. The zero-order valence-electron chi connectivity index (χ0n) is 11.5. The second-order valence-corrected chi connectivity index (χ2v) is 6.41. The molecule has 1 aliphatic rings. The molecule has 0 atom stereocenters. The van der Waals surface area contributed by atoms with Crippen LogP contribution in [0.3, 0.4) is 0 Å². The Kier molecular flexibility index (Phi) is 4.21. The molecule has 0 saturated heterocycles. The van der Waals surface area contributed by atoms with Gasteiger partial charge in [0.1, 0.15) is 10.6 Å². The molecule has 110 valence electrons. The molecule has 1 aliphatic heterocycles. The topological polar surface area (TPSA) is 64.1 Å². The summed E-state index contributed by atoms with van der Waals surface area (Å²) < 4.78 is 10.5. The number of hydrogen-bond acceptors (Lipinski definition) is 5. The summed E-state index contributed by atoms with van der Waals surface area (Å²) >= 11 is 4.63. The summed E-state index contributed by atoms with van der Waals surface area (Å²) in [6.45, 7) is 3.09. The van der Waals surface area contributed by atoms with Crippen molar-refractivity contribution in [1.82, 2.24) is 14.9 Å². The molecule has 5 nitrogen and oxygen atoms in total. The molecule has 0 fully saturated rings. The highest BCUT2D eigenvalue weighted by atomic mass is 79.9. The second kappa shape index (κ2) is 6.11. The lowest BCUT2D eigenvalue weighted by Crippen LogP contribution is -2.23. The molecule has 1 N–H and O–H groups in total. The van der Waals surface area contributed by atoms with Crippen molar-refractivity contribution in [2.45, 2.75) is 26.3 Å². The smallest absolute Gasteiger partial charge is 0.265 e. The van der Waals surface area contributed by atoms with E-state index < -0.39 is 0 Å². The summed E-state index contributed by atoms with van der Waals surface area (Å²) in [5.41, 5.74) is 2.91. The molecule has 0 saturated carbocycles. The Morgan fingerprint density at radius 2 is 2.38 bits per heavy atom. The first-order valence-electron chi connectivity index (χ1n) is 6.72. The number of amides is 1. The number of carbonyl (C=O) groups is 1. The monoisotopic (exact) mass is 367 g/mol. The van der Waals surface area contributed by atoms with Crippen molar-refractivity contribution in [3.63, 3.8) is 0 Å². The van der Waals surface area contributed by atoms with Crippen molar-refractivity contribution in [2.75, 3.05) is 6.61 Å². The Bertz CT molecular complexity index is 687. The molecule has 1 aromatic carbocycles. The molecular formula is C14H14BrN3O2S. The Labute approximate surface area is 135 Å². The molecular weight excluding hydrogens is 354 g/mol. The van der Waals surface area contributed by atoms with Crippen LogP contribution in [0.2, 0.25) is 0 Å². The summed E-state index contributed by atoms with van der Waals surface area (Å²) in [6.07, 6.45) is 1.61. The minimum absolute atomic E-state index is 0.131. The fraction of sp³-hybridized carbons (Fsp3) is 0.357. The van der Waals surface area contributed by atoms with Gasteiger partial charge in [-0.2, -0.15) is 0 Å². The Hall–Kier alpha value is -1.47. The average Bonchev–Trinajstić information content (AvgIpc) is 3.12. The van der Waals surface area contributed by atoms with Crippen LogP contribution in [0, 0.1) is 0 Å². The lowest BCUT2D eigenvalue weighted by molar-refractivity contribution is 0.0953. The molecule has 0 unspecified atom stereocenters. The normalized spacial score (nSPS) is 12.9. The standard InChI is InChI=1S/C14H14BrN3O2S/c1-2-11-13(21-18-17-11)14(19)16-7-9-6-10(15)5-8-3-4-20-12(8)9/h5-6H,2-4,7H2,1H3,(H,16,19). The van der Waals surface area contributed by atoms with E-state index in [1.807, 2.05) is 13.0 Å². The molecule has 7 heteroatoms. The van der Waals surface area contributed by atoms with Crippen LogP contribution in [-0.2, 0) is 19.4 Å². The fourth-order valence-electron chi connectivity index (χ4n) is 2.35. The molecule has 0 spiro atoms. The molecule has 21 heavy (non-hydrogen) atoms. The third-order valence-corrected chi connectivity index (χ3v) is 4.59. The van der Waals surface area contributed by atoms with E-state index in [0.29, 0.717) is 24.4 Å². The first kappa shape index (κ1) is 14.5. The maximum atomic E-state index is 12.2. The second-order valence-electron chi connectivity index (χ2n) is 4.74. The van der Waals surface area contributed by atoms with Gasteiger partial charge in [-0.25, -0.2) is 0 Å². The van der Waals surface area contributed by atoms with Gasteiger partial charge in [-0.05, 0) is 35.6 Å². The maximum absolute atomic E-state index is 12.2. The highest BCUT2D eigenvalue weighted by Crippen LogP contribution is 2.32. The first-order chi connectivity index (χ1) is 10.2. The summed E-state index contributed by atoms with van der Waals surface area (Å²) in [5.74, 6) is 0.769. The van der Waals surface area contributed by atoms with Crippen LogP contribution in [-0.4, -0.2) is 22.1 Å². The van der Waals surface area contributed by atoms with Gasteiger partial charge in [-0.1, -0.05) is 27.3 Å². The average molecular weight is 368 g/mol. The summed E-state index contributed by atoms with van der Waals surface area (Å²) in [7, 11) is 0. The predicted molar refractivity (Wildman–Crippen MR) is 83.8 cm³/mol. The number of rotatable bonds is 4. The number of halogens is 1. The summed E-state index contributed by atoms with van der Waals surface area (Å²) in [4.78, 5) is 12.8.